The van der Waals surface area contributed by atoms with Gasteiger partial charge in [0.15, 0.2) is 5.03 Å². The second-order valence-electron chi connectivity index (χ2n) is 4.66. The van der Waals surface area contributed by atoms with Crippen molar-refractivity contribution < 1.29 is 13.5 Å². The average molecular weight is 273 g/mol. The Kier molecular flexibility index (Phi) is 3.74. The molecular formula is C11H19N3O3S. The first kappa shape index (κ1) is 13.5. The Morgan fingerprint density at radius 1 is 1.56 bits per heavy atom. The van der Waals surface area contributed by atoms with Crippen molar-refractivity contribution in [2.24, 2.45) is 7.05 Å². The number of nitrogens with zero attached hydrogens (tertiary/aromatic N) is 3. The Labute approximate surface area is 107 Å². The lowest BCUT2D eigenvalue weighted by atomic mass is 10.2. The number of aliphatic hydroxyl groups is 1. The third-order valence-corrected chi connectivity index (χ3v) is 5.27. The molecule has 1 aliphatic heterocycles. The molecule has 0 aromatic carbocycles. The first-order valence-corrected chi connectivity index (χ1v) is 7.53. The number of hydrogen-bond donors (Lipinski definition) is 1. The van der Waals surface area contributed by atoms with Crippen molar-refractivity contribution in [1.82, 2.24) is 13.9 Å². The predicted octanol–water partition coefficient (Wildman–Crippen LogP) is 0.264. The monoisotopic (exact) mass is 273 g/mol. The van der Waals surface area contributed by atoms with Crippen LogP contribution in [0.25, 0.3) is 0 Å². The molecule has 7 heteroatoms. The molecule has 2 rings (SSSR count). The van der Waals surface area contributed by atoms with Gasteiger partial charge in [-0.25, -0.2) is 13.4 Å². The van der Waals surface area contributed by atoms with Crippen molar-refractivity contribution >= 4 is 10.0 Å². The van der Waals surface area contributed by atoms with Gasteiger partial charge >= 0.3 is 0 Å². The van der Waals surface area contributed by atoms with E-state index in [9.17, 15) is 8.42 Å². The topological polar surface area (TPSA) is 75.4 Å². The number of hydrogen-bond acceptors (Lipinski definition) is 4. The van der Waals surface area contributed by atoms with Crippen LogP contribution >= 0.6 is 0 Å². The van der Waals surface area contributed by atoms with E-state index in [1.54, 1.807) is 24.7 Å². The minimum Gasteiger partial charge on any atom is -0.396 e. The smallest absolute Gasteiger partial charge is 0.262 e. The van der Waals surface area contributed by atoms with Gasteiger partial charge in [-0.1, -0.05) is 0 Å². The molecule has 0 bridgehead atoms. The summed E-state index contributed by atoms with van der Waals surface area (Å²) in [5.41, 5.74) is 0. The van der Waals surface area contributed by atoms with E-state index in [1.165, 1.54) is 4.31 Å². The SMILES string of the molecule is Cc1nc(S(=O)(=O)N2CCCC2CCO)cn1C. The lowest BCUT2D eigenvalue weighted by molar-refractivity contribution is 0.246. The van der Waals surface area contributed by atoms with Crippen LogP contribution in [0.4, 0.5) is 0 Å². The van der Waals surface area contributed by atoms with Crippen LogP contribution in [0.2, 0.25) is 0 Å². The van der Waals surface area contributed by atoms with Gasteiger partial charge in [0.25, 0.3) is 10.0 Å². The van der Waals surface area contributed by atoms with E-state index >= 15 is 0 Å². The maximum Gasteiger partial charge on any atom is 0.262 e. The fourth-order valence-electron chi connectivity index (χ4n) is 2.33. The normalized spacial score (nSPS) is 21.6. The third-order valence-electron chi connectivity index (χ3n) is 3.44. The van der Waals surface area contributed by atoms with Crippen molar-refractivity contribution in [3.8, 4) is 0 Å². The van der Waals surface area contributed by atoms with Crippen LogP contribution in [0.5, 0.6) is 0 Å². The summed E-state index contributed by atoms with van der Waals surface area (Å²) in [5.74, 6) is 0.673. The summed E-state index contributed by atoms with van der Waals surface area (Å²) in [5, 5.41) is 9.09. The Hall–Kier alpha value is -0.920. The van der Waals surface area contributed by atoms with Gasteiger partial charge in [0, 0.05) is 32.4 Å². The quantitative estimate of drug-likeness (QED) is 0.854. The van der Waals surface area contributed by atoms with Crippen molar-refractivity contribution in [3.63, 3.8) is 0 Å². The van der Waals surface area contributed by atoms with Gasteiger partial charge < -0.3 is 9.67 Å². The van der Waals surface area contributed by atoms with Crippen LogP contribution < -0.4 is 0 Å². The molecule has 1 N–H and O–H groups in total. The molecule has 102 valence electrons. The molecule has 1 fully saturated rings. The highest BCUT2D eigenvalue weighted by molar-refractivity contribution is 7.89. The average Bonchev–Trinajstić information content (AvgIpc) is 2.88. The molecule has 1 aromatic rings. The molecule has 1 saturated heterocycles. The molecule has 0 amide bonds. The van der Waals surface area contributed by atoms with Gasteiger partial charge in [0.1, 0.15) is 5.82 Å². The second kappa shape index (κ2) is 4.99. The fourth-order valence-corrected chi connectivity index (χ4v) is 4.09. The van der Waals surface area contributed by atoms with Crippen molar-refractivity contribution in [2.45, 2.75) is 37.3 Å². The van der Waals surface area contributed by atoms with Gasteiger partial charge in [-0.05, 0) is 26.2 Å². The van der Waals surface area contributed by atoms with Gasteiger partial charge in [-0.2, -0.15) is 4.31 Å². The molecule has 0 spiro atoms. The highest BCUT2D eigenvalue weighted by atomic mass is 32.2. The number of sulfonamides is 1. The summed E-state index contributed by atoms with van der Waals surface area (Å²) in [6, 6.07) is -0.0951. The van der Waals surface area contributed by atoms with E-state index in [2.05, 4.69) is 4.98 Å². The van der Waals surface area contributed by atoms with Crippen LogP contribution in [-0.4, -0.2) is 46.6 Å². The Bertz CT molecular complexity index is 504. The molecule has 0 radical (unpaired) electrons. The lowest BCUT2D eigenvalue weighted by Crippen LogP contribution is -2.36. The van der Waals surface area contributed by atoms with Crippen molar-refractivity contribution in [2.75, 3.05) is 13.2 Å². The van der Waals surface area contributed by atoms with Crippen LogP contribution in [0, 0.1) is 6.92 Å². The molecule has 0 aliphatic carbocycles. The zero-order valence-corrected chi connectivity index (χ0v) is 11.5. The standard InChI is InChI=1S/C11H19N3O3S/c1-9-12-11(8-13(9)2)18(16,17)14-6-3-4-10(14)5-7-15/h8,10,15H,3-7H2,1-2H3. The van der Waals surface area contributed by atoms with Crippen molar-refractivity contribution in [3.05, 3.63) is 12.0 Å². The molecular weight excluding hydrogens is 254 g/mol. The van der Waals surface area contributed by atoms with Crippen LogP contribution in [0.1, 0.15) is 25.1 Å². The fraction of sp³-hybridized carbons (Fsp3) is 0.727. The van der Waals surface area contributed by atoms with E-state index in [1.807, 2.05) is 0 Å². The molecule has 1 aromatic heterocycles. The molecule has 0 saturated carbocycles. The number of aryl methyl sites for hydroxylation is 2. The third kappa shape index (κ3) is 2.30. The van der Waals surface area contributed by atoms with Crippen LogP contribution in [0.15, 0.2) is 11.2 Å². The van der Waals surface area contributed by atoms with Gasteiger partial charge in [0.05, 0.1) is 0 Å². The van der Waals surface area contributed by atoms with Crippen LogP contribution in [0.3, 0.4) is 0 Å². The zero-order valence-electron chi connectivity index (χ0n) is 10.7. The second-order valence-corrected chi connectivity index (χ2v) is 6.50. The molecule has 6 nitrogen and oxygen atoms in total. The summed E-state index contributed by atoms with van der Waals surface area (Å²) >= 11 is 0. The van der Waals surface area contributed by atoms with Gasteiger partial charge in [-0.15, -0.1) is 0 Å². The molecule has 1 aliphatic rings. The van der Waals surface area contributed by atoms with Gasteiger partial charge in [-0.3, -0.25) is 0 Å². The summed E-state index contributed by atoms with van der Waals surface area (Å²) < 4.78 is 28.1. The number of aromatic nitrogens is 2. The van der Waals surface area contributed by atoms with E-state index < -0.39 is 10.0 Å². The number of rotatable bonds is 4. The first-order chi connectivity index (χ1) is 8.46. The Morgan fingerprint density at radius 2 is 2.28 bits per heavy atom. The Balaban J connectivity index is 2.30. The minimum absolute atomic E-state index is 0.0118. The maximum absolute atomic E-state index is 12.5. The molecule has 2 heterocycles. The highest BCUT2D eigenvalue weighted by Gasteiger charge is 2.36. The molecule has 1 atom stereocenters. The van der Waals surface area contributed by atoms with Crippen molar-refractivity contribution in [1.29, 1.82) is 0 Å². The summed E-state index contributed by atoms with van der Waals surface area (Å²) in [6.07, 6.45) is 3.69. The largest absolute Gasteiger partial charge is 0.396 e. The van der Waals surface area contributed by atoms with E-state index in [0.717, 1.165) is 12.8 Å². The first-order valence-electron chi connectivity index (χ1n) is 6.09. The lowest BCUT2D eigenvalue weighted by Gasteiger charge is -2.22. The van der Waals surface area contributed by atoms with E-state index in [4.69, 9.17) is 5.11 Å². The predicted molar refractivity (Wildman–Crippen MR) is 66.6 cm³/mol. The summed E-state index contributed by atoms with van der Waals surface area (Å²) in [6.45, 7) is 2.30. The summed E-state index contributed by atoms with van der Waals surface area (Å²) in [7, 11) is -1.75. The van der Waals surface area contributed by atoms with Crippen LogP contribution in [-0.2, 0) is 17.1 Å². The Morgan fingerprint density at radius 3 is 2.83 bits per heavy atom. The van der Waals surface area contributed by atoms with Gasteiger partial charge in [0.2, 0.25) is 0 Å². The molecule has 18 heavy (non-hydrogen) atoms. The minimum atomic E-state index is -3.52. The van der Waals surface area contributed by atoms with E-state index in [-0.39, 0.29) is 17.7 Å². The molecule has 1 unspecified atom stereocenters. The summed E-state index contributed by atoms with van der Waals surface area (Å²) in [4.78, 5) is 4.09. The number of aliphatic hydroxyl groups excluding tert-OH is 1. The maximum atomic E-state index is 12.5. The zero-order chi connectivity index (χ0) is 13.3. The highest BCUT2D eigenvalue weighted by Crippen LogP contribution is 2.27. The van der Waals surface area contributed by atoms with E-state index in [0.29, 0.717) is 18.8 Å². The number of imidazole rings is 1.